The van der Waals surface area contributed by atoms with Crippen molar-refractivity contribution < 1.29 is 13.2 Å². The van der Waals surface area contributed by atoms with E-state index < -0.39 is 10.0 Å². The van der Waals surface area contributed by atoms with Crippen molar-refractivity contribution in [1.29, 1.82) is 0 Å². The third-order valence-corrected chi connectivity index (χ3v) is 7.18. The van der Waals surface area contributed by atoms with E-state index in [4.69, 9.17) is 0 Å². The minimum Gasteiger partial charge on any atom is -0.337 e. The van der Waals surface area contributed by atoms with Crippen LogP contribution in [-0.4, -0.2) is 48.6 Å². The van der Waals surface area contributed by atoms with E-state index in [2.05, 4.69) is 14.9 Å². The number of aromatic amines is 1. The molecule has 9 heteroatoms. The first-order chi connectivity index (χ1) is 13.5. The Labute approximate surface area is 167 Å². The largest absolute Gasteiger partial charge is 0.337 e. The zero-order chi connectivity index (χ0) is 19.6. The highest BCUT2D eigenvalue weighted by atomic mass is 32.2. The smallest absolute Gasteiger partial charge is 0.274 e. The molecule has 1 amide bonds. The molecule has 0 unspecified atom stereocenters. The Balaban J connectivity index is 1.36. The van der Waals surface area contributed by atoms with Crippen molar-refractivity contribution in [3.63, 3.8) is 0 Å². The number of aromatic nitrogens is 2. The highest BCUT2D eigenvalue weighted by Crippen LogP contribution is 2.24. The summed E-state index contributed by atoms with van der Waals surface area (Å²) in [6, 6.07) is 13.8. The molecule has 1 saturated heterocycles. The van der Waals surface area contributed by atoms with Crippen LogP contribution >= 0.6 is 11.3 Å². The molecular formula is C19H20N4O3S2. The van der Waals surface area contributed by atoms with Crippen LogP contribution in [-0.2, 0) is 10.0 Å². The van der Waals surface area contributed by atoms with Crippen molar-refractivity contribution in [2.75, 3.05) is 13.1 Å². The Morgan fingerprint density at radius 1 is 1.14 bits per heavy atom. The van der Waals surface area contributed by atoms with Crippen LogP contribution in [0.3, 0.4) is 0 Å². The molecule has 1 aromatic carbocycles. The average Bonchev–Trinajstić information content (AvgIpc) is 3.40. The highest BCUT2D eigenvalue weighted by Gasteiger charge is 2.28. The van der Waals surface area contributed by atoms with E-state index in [-0.39, 0.29) is 16.8 Å². The summed E-state index contributed by atoms with van der Waals surface area (Å²) >= 11 is 1.58. The molecule has 28 heavy (non-hydrogen) atoms. The maximum Gasteiger partial charge on any atom is 0.274 e. The molecule has 2 aromatic heterocycles. The van der Waals surface area contributed by atoms with E-state index in [9.17, 15) is 13.2 Å². The second-order valence-electron chi connectivity index (χ2n) is 6.64. The maximum atomic E-state index is 12.7. The molecular weight excluding hydrogens is 396 g/mol. The fourth-order valence-electron chi connectivity index (χ4n) is 3.24. The number of sulfonamides is 1. The van der Waals surface area contributed by atoms with Gasteiger partial charge in [-0.15, -0.1) is 11.3 Å². The Morgan fingerprint density at radius 3 is 2.57 bits per heavy atom. The standard InChI is InChI=1S/C19H20N4O3S2/c24-19(17-13-16(20-21-17)18-7-4-12-27-18)23-10-8-14(9-11-23)22-28(25,26)15-5-2-1-3-6-15/h1-7,12-14,22H,8-11H2,(H,20,21). The van der Waals surface area contributed by atoms with Gasteiger partial charge in [0.1, 0.15) is 0 Å². The number of H-pyrrole nitrogens is 1. The van der Waals surface area contributed by atoms with Crippen molar-refractivity contribution in [3.05, 3.63) is 59.6 Å². The van der Waals surface area contributed by atoms with E-state index in [0.29, 0.717) is 31.6 Å². The number of piperidine rings is 1. The van der Waals surface area contributed by atoms with Gasteiger partial charge in [-0.25, -0.2) is 13.1 Å². The minimum atomic E-state index is -3.54. The molecule has 0 radical (unpaired) electrons. The summed E-state index contributed by atoms with van der Waals surface area (Å²) in [6.45, 7) is 0.976. The number of nitrogens with one attached hydrogen (secondary N) is 2. The number of thiophene rings is 1. The molecule has 1 aliphatic rings. The Bertz CT molecular complexity index is 1040. The van der Waals surface area contributed by atoms with Gasteiger partial charge < -0.3 is 4.90 Å². The summed E-state index contributed by atoms with van der Waals surface area (Å²) in [5.41, 5.74) is 1.20. The third-order valence-electron chi connectivity index (χ3n) is 4.74. The molecule has 2 N–H and O–H groups in total. The lowest BCUT2D eigenvalue weighted by atomic mass is 10.1. The number of hydrogen-bond acceptors (Lipinski definition) is 5. The lowest BCUT2D eigenvalue weighted by Crippen LogP contribution is -2.46. The minimum absolute atomic E-state index is 0.136. The molecule has 1 fully saturated rings. The van der Waals surface area contributed by atoms with Gasteiger partial charge >= 0.3 is 0 Å². The summed E-state index contributed by atoms with van der Waals surface area (Å²) in [5.74, 6) is -0.136. The van der Waals surface area contributed by atoms with E-state index in [1.165, 1.54) is 0 Å². The van der Waals surface area contributed by atoms with Crippen molar-refractivity contribution in [3.8, 4) is 10.6 Å². The lowest BCUT2D eigenvalue weighted by Gasteiger charge is -2.31. The normalized spacial score (nSPS) is 15.6. The van der Waals surface area contributed by atoms with Crippen LogP contribution in [0.5, 0.6) is 0 Å². The average molecular weight is 417 g/mol. The number of benzene rings is 1. The van der Waals surface area contributed by atoms with Crippen LogP contribution in [0.1, 0.15) is 23.3 Å². The van der Waals surface area contributed by atoms with Crippen LogP contribution in [0.15, 0.2) is 58.8 Å². The van der Waals surface area contributed by atoms with Crippen molar-refractivity contribution in [2.45, 2.75) is 23.8 Å². The fraction of sp³-hybridized carbons (Fsp3) is 0.263. The number of hydrogen-bond donors (Lipinski definition) is 2. The van der Waals surface area contributed by atoms with Gasteiger partial charge in [0.05, 0.1) is 15.5 Å². The van der Waals surface area contributed by atoms with Crippen LogP contribution < -0.4 is 4.72 Å². The Hall–Kier alpha value is -2.49. The van der Waals surface area contributed by atoms with E-state index in [0.717, 1.165) is 10.6 Å². The second kappa shape index (κ2) is 7.86. The molecule has 0 bridgehead atoms. The predicted molar refractivity (Wildman–Crippen MR) is 108 cm³/mol. The summed E-state index contributed by atoms with van der Waals surface area (Å²) in [5, 5.41) is 9.02. The number of likely N-dealkylation sites (tertiary alicyclic amines) is 1. The van der Waals surface area contributed by atoms with Crippen LogP contribution in [0.4, 0.5) is 0 Å². The molecule has 0 spiro atoms. The molecule has 1 aliphatic heterocycles. The maximum absolute atomic E-state index is 12.7. The van der Waals surface area contributed by atoms with Gasteiger partial charge in [-0.2, -0.15) is 5.10 Å². The molecule has 3 aromatic rings. The molecule has 7 nitrogen and oxygen atoms in total. The molecule has 3 heterocycles. The van der Waals surface area contributed by atoms with Gasteiger partial charge in [0.15, 0.2) is 5.69 Å². The molecule has 0 aliphatic carbocycles. The highest BCUT2D eigenvalue weighted by molar-refractivity contribution is 7.89. The summed E-state index contributed by atoms with van der Waals surface area (Å²) in [7, 11) is -3.54. The van der Waals surface area contributed by atoms with Gasteiger partial charge in [0.25, 0.3) is 5.91 Å². The Morgan fingerprint density at radius 2 is 1.89 bits per heavy atom. The number of rotatable bonds is 5. The van der Waals surface area contributed by atoms with Crippen molar-refractivity contribution in [1.82, 2.24) is 19.8 Å². The SMILES string of the molecule is O=C(c1cc(-c2cccs2)[nH]n1)N1CCC(NS(=O)(=O)c2ccccc2)CC1. The number of nitrogens with zero attached hydrogens (tertiary/aromatic N) is 2. The van der Waals surface area contributed by atoms with Crippen LogP contribution in [0.2, 0.25) is 0 Å². The first-order valence-corrected chi connectivity index (χ1v) is 11.4. The van der Waals surface area contributed by atoms with Gasteiger partial charge in [0, 0.05) is 19.1 Å². The Kier molecular flexibility index (Phi) is 5.29. The predicted octanol–water partition coefficient (Wildman–Crippen LogP) is 2.72. The monoisotopic (exact) mass is 416 g/mol. The number of carbonyl (C=O) groups is 1. The number of carbonyl (C=O) groups excluding carboxylic acids is 1. The molecule has 0 saturated carbocycles. The topological polar surface area (TPSA) is 95.2 Å². The zero-order valence-corrected chi connectivity index (χ0v) is 16.7. The van der Waals surface area contributed by atoms with Gasteiger partial charge in [-0.05, 0) is 42.5 Å². The molecule has 4 rings (SSSR count). The summed E-state index contributed by atoms with van der Waals surface area (Å²) in [4.78, 5) is 15.7. The van der Waals surface area contributed by atoms with Gasteiger partial charge in [0.2, 0.25) is 10.0 Å². The fourth-order valence-corrected chi connectivity index (χ4v) is 5.26. The summed E-state index contributed by atoms with van der Waals surface area (Å²) in [6.07, 6.45) is 1.14. The van der Waals surface area contributed by atoms with Gasteiger partial charge in [-0.3, -0.25) is 9.89 Å². The summed E-state index contributed by atoms with van der Waals surface area (Å²) < 4.78 is 27.6. The molecule has 0 atom stereocenters. The van der Waals surface area contributed by atoms with Gasteiger partial charge in [-0.1, -0.05) is 24.3 Å². The number of amides is 1. The van der Waals surface area contributed by atoms with Crippen molar-refractivity contribution in [2.24, 2.45) is 0 Å². The van der Waals surface area contributed by atoms with E-state index in [1.807, 2.05) is 17.5 Å². The second-order valence-corrected chi connectivity index (χ2v) is 9.31. The quantitative estimate of drug-likeness (QED) is 0.669. The first kappa shape index (κ1) is 18.9. The van der Waals surface area contributed by atoms with Crippen LogP contribution in [0, 0.1) is 0 Å². The van der Waals surface area contributed by atoms with Crippen molar-refractivity contribution >= 4 is 27.3 Å². The van der Waals surface area contributed by atoms with E-state index >= 15 is 0 Å². The van der Waals surface area contributed by atoms with Crippen LogP contribution in [0.25, 0.3) is 10.6 Å². The molecule has 146 valence electrons. The van der Waals surface area contributed by atoms with E-state index in [1.54, 1.807) is 52.6 Å². The first-order valence-electron chi connectivity index (χ1n) is 8.99. The zero-order valence-electron chi connectivity index (χ0n) is 15.0. The lowest BCUT2D eigenvalue weighted by molar-refractivity contribution is 0.0705. The third kappa shape index (κ3) is 4.01.